The maximum atomic E-state index is 11.6. The molecule has 1 saturated carbocycles. The van der Waals surface area contributed by atoms with Gasteiger partial charge in [-0.05, 0) is 24.8 Å². The molecular formula is C16H22O3. The molecule has 2 rings (SSSR count). The molecule has 3 heteroatoms. The lowest BCUT2D eigenvalue weighted by Gasteiger charge is -2.20. The molecule has 19 heavy (non-hydrogen) atoms. The van der Waals surface area contributed by atoms with Crippen molar-refractivity contribution in [1.82, 2.24) is 0 Å². The molecule has 0 amide bonds. The summed E-state index contributed by atoms with van der Waals surface area (Å²) in [6.07, 6.45) is 5.39. The zero-order chi connectivity index (χ0) is 14.1. The van der Waals surface area contributed by atoms with Gasteiger partial charge in [0, 0.05) is 18.8 Å². The van der Waals surface area contributed by atoms with Crippen LogP contribution in [0.3, 0.4) is 0 Å². The lowest BCUT2D eigenvalue weighted by atomic mass is 9.84. The number of carboxylic acids is 1. The number of carbonyl (C=O) groups excluding carboxylic acids is 1. The standard InChI is InChI=1S/C13H16O.C3H6O2/c14-13-9-5-4-8-12(13)10-11-6-2-1-3-7-11;1-2-3(4)5/h1-3,6-7,12H,4-5,8-10H2;2H2,1H3,(H,4,5). The van der Waals surface area contributed by atoms with Gasteiger partial charge in [0.25, 0.3) is 0 Å². The van der Waals surface area contributed by atoms with Gasteiger partial charge in [-0.3, -0.25) is 9.59 Å². The molecule has 0 saturated heterocycles. The number of hydrogen-bond donors (Lipinski definition) is 1. The minimum Gasteiger partial charge on any atom is -0.481 e. The van der Waals surface area contributed by atoms with Crippen LogP contribution in [0.2, 0.25) is 0 Å². The van der Waals surface area contributed by atoms with E-state index in [1.807, 2.05) is 18.2 Å². The van der Waals surface area contributed by atoms with Crippen LogP contribution in [0.4, 0.5) is 0 Å². The van der Waals surface area contributed by atoms with Crippen molar-refractivity contribution in [2.24, 2.45) is 5.92 Å². The van der Waals surface area contributed by atoms with Crippen LogP contribution >= 0.6 is 0 Å². The van der Waals surface area contributed by atoms with Crippen LogP contribution in [0.5, 0.6) is 0 Å². The molecular weight excluding hydrogens is 240 g/mol. The quantitative estimate of drug-likeness (QED) is 0.907. The monoisotopic (exact) mass is 262 g/mol. The number of hydrogen-bond acceptors (Lipinski definition) is 2. The Morgan fingerprint density at radius 3 is 2.42 bits per heavy atom. The molecule has 0 aliphatic heterocycles. The summed E-state index contributed by atoms with van der Waals surface area (Å²) in [6.45, 7) is 1.60. The second-order valence-corrected chi connectivity index (χ2v) is 4.85. The molecule has 0 bridgehead atoms. The summed E-state index contributed by atoms with van der Waals surface area (Å²) in [5, 5.41) is 7.72. The lowest BCUT2D eigenvalue weighted by Crippen LogP contribution is -2.20. The molecule has 104 valence electrons. The summed E-state index contributed by atoms with van der Waals surface area (Å²) in [7, 11) is 0. The molecule has 1 fully saturated rings. The number of aliphatic carboxylic acids is 1. The van der Waals surface area contributed by atoms with Crippen molar-refractivity contribution in [2.45, 2.75) is 45.4 Å². The maximum absolute atomic E-state index is 11.6. The first-order valence-electron chi connectivity index (χ1n) is 6.92. The van der Waals surface area contributed by atoms with E-state index >= 15 is 0 Å². The number of Topliss-reactive ketones (excluding diaryl/α,β-unsaturated/α-hetero) is 1. The fourth-order valence-electron chi connectivity index (χ4n) is 2.17. The van der Waals surface area contributed by atoms with Crippen LogP contribution in [0, 0.1) is 5.92 Å². The largest absolute Gasteiger partial charge is 0.481 e. The fraction of sp³-hybridized carbons (Fsp3) is 0.500. The average molecular weight is 262 g/mol. The van der Waals surface area contributed by atoms with Gasteiger partial charge >= 0.3 is 5.97 Å². The Hall–Kier alpha value is -1.64. The highest BCUT2D eigenvalue weighted by atomic mass is 16.4. The Morgan fingerprint density at radius 1 is 1.26 bits per heavy atom. The zero-order valence-corrected chi connectivity index (χ0v) is 11.5. The van der Waals surface area contributed by atoms with Gasteiger partial charge in [0.15, 0.2) is 0 Å². The normalized spacial score (nSPS) is 18.4. The van der Waals surface area contributed by atoms with Crippen LogP contribution in [-0.4, -0.2) is 16.9 Å². The first-order valence-corrected chi connectivity index (χ1v) is 6.92. The first-order chi connectivity index (χ1) is 9.13. The van der Waals surface area contributed by atoms with E-state index in [0.29, 0.717) is 11.7 Å². The Morgan fingerprint density at radius 2 is 1.89 bits per heavy atom. The predicted molar refractivity (Wildman–Crippen MR) is 75.0 cm³/mol. The number of rotatable bonds is 3. The van der Waals surface area contributed by atoms with E-state index in [9.17, 15) is 9.59 Å². The summed E-state index contributed by atoms with van der Waals surface area (Å²) >= 11 is 0. The minimum absolute atomic E-state index is 0.222. The molecule has 1 atom stereocenters. The van der Waals surface area contributed by atoms with Crippen molar-refractivity contribution in [1.29, 1.82) is 0 Å². The van der Waals surface area contributed by atoms with Gasteiger partial charge in [0.1, 0.15) is 5.78 Å². The van der Waals surface area contributed by atoms with E-state index in [2.05, 4.69) is 12.1 Å². The molecule has 1 N–H and O–H groups in total. The van der Waals surface area contributed by atoms with Crippen molar-refractivity contribution in [3.63, 3.8) is 0 Å². The van der Waals surface area contributed by atoms with Crippen molar-refractivity contribution < 1.29 is 14.7 Å². The van der Waals surface area contributed by atoms with E-state index in [-0.39, 0.29) is 6.42 Å². The van der Waals surface area contributed by atoms with Gasteiger partial charge in [0.05, 0.1) is 0 Å². The molecule has 1 aliphatic carbocycles. The number of carboxylic acid groups (broad SMARTS) is 1. The predicted octanol–water partition coefficient (Wildman–Crippen LogP) is 3.47. The van der Waals surface area contributed by atoms with Crippen LogP contribution in [-0.2, 0) is 16.0 Å². The molecule has 0 heterocycles. The van der Waals surface area contributed by atoms with Crippen molar-refractivity contribution >= 4 is 11.8 Å². The Balaban J connectivity index is 0.000000312. The maximum Gasteiger partial charge on any atom is 0.303 e. The Bertz CT molecular complexity index is 398. The topological polar surface area (TPSA) is 54.4 Å². The molecule has 1 aromatic rings. The van der Waals surface area contributed by atoms with Crippen molar-refractivity contribution in [3.8, 4) is 0 Å². The van der Waals surface area contributed by atoms with Gasteiger partial charge in [-0.25, -0.2) is 0 Å². The van der Waals surface area contributed by atoms with Crippen LogP contribution in [0.15, 0.2) is 30.3 Å². The summed E-state index contributed by atoms with van der Waals surface area (Å²) in [6, 6.07) is 10.3. The van der Waals surface area contributed by atoms with Gasteiger partial charge in [-0.15, -0.1) is 0 Å². The Kier molecular flexibility index (Phi) is 6.86. The third-order valence-corrected chi connectivity index (χ3v) is 3.31. The molecule has 1 unspecified atom stereocenters. The molecule has 0 radical (unpaired) electrons. The van der Waals surface area contributed by atoms with Crippen LogP contribution in [0.1, 0.15) is 44.6 Å². The SMILES string of the molecule is CCC(=O)O.O=C1CCCCC1Cc1ccccc1. The lowest BCUT2D eigenvalue weighted by molar-refractivity contribution is -0.136. The number of ketones is 1. The van der Waals surface area contributed by atoms with E-state index in [4.69, 9.17) is 5.11 Å². The molecule has 0 spiro atoms. The highest BCUT2D eigenvalue weighted by molar-refractivity contribution is 5.81. The summed E-state index contributed by atoms with van der Waals surface area (Å²) in [5.74, 6) is 0.0243. The summed E-state index contributed by atoms with van der Waals surface area (Å²) in [5.41, 5.74) is 1.30. The first kappa shape index (κ1) is 15.4. The van der Waals surface area contributed by atoms with Gasteiger partial charge in [0.2, 0.25) is 0 Å². The van der Waals surface area contributed by atoms with Crippen molar-refractivity contribution in [2.75, 3.05) is 0 Å². The Labute approximate surface area is 114 Å². The summed E-state index contributed by atoms with van der Waals surface area (Å²) < 4.78 is 0. The summed E-state index contributed by atoms with van der Waals surface area (Å²) in [4.78, 5) is 21.0. The van der Waals surface area contributed by atoms with Crippen molar-refractivity contribution in [3.05, 3.63) is 35.9 Å². The third-order valence-electron chi connectivity index (χ3n) is 3.31. The van der Waals surface area contributed by atoms with Gasteiger partial charge in [-0.2, -0.15) is 0 Å². The van der Waals surface area contributed by atoms with E-state index in [0.717, 1.165) is 25.7 Å². The minimum atomic E-state index is -0.745. The van der Waals surface area contributed by atoms with E-state index in [1.165, 1.54) is 12.0 Å². The molecule has 1 aromatic carbocycles. The van der Waals surface area contributed by atoms with Gasteiger partial charge in [-0.1, -0.05) is 43.7 Å². The second kappa shape index (κ2) is 8.46. The van der Waals surface area contributed by atoms with Crippen LogP contribution < -0.4 is 0 Å². The third kappa shape index (κ3) is 6.18. The highest BCUT2D eigenvalue weighted by Gasteiger charge is 2.21. The smallest absolute Gasteiger partial charge is 0.303 e. The average Bonchev–Trinajstić information content (AvgIpc) is 2.43. The second-order valence-electron chi connectivity index (χ2n) is 4.85. The molecule has 1 aliphatic rings. The highest BCUT2D eigenvalue weighted by Crippen LogP contribution is 2.23. The van der Waals surface area contributed by atoms with E-state index in [1.54, 1.807) is 6.92 Å². The van der Waals surface area contributed by atoms with Crippen LogP contribution in [0.25, 0.3) is 0 Å². The number of benzene rings is 1. The van der Waals surface area contributed by atoms with Gasteiger partial charge < -0.3 is 5.11 Å². The number of carbonyl (C=O) groups is 2. The molecule has 0 aromatic heterocycles. The zero-order valence-electron chi connectivity index (χ0n) is 11.5. The van der Waals surface area contributed by atoms with E-state index < -0.39 is 5.97 Å². The molecule has 3 nitrogen and oxygen atoms in total. The fourth-order valence-corrected chi connectivity index (χ4v) is 2.17.